The molecule has 3 nitrogen and oxygen atoms in total. The van der Waals surface area contributed by atoms with Crippen LogP contribution in [0.1, 0.15) is 6.92 Å². The van der Waals surface area contributed by atoms with Crippen LogP contribution in [0.5, 0.6) is 0 Å². The van der Waals surface area contributed by atoms with E-state index in [0.29, 0.717) is 0 Å². The monoisotopic (exact) mass is 143 g/mol. The van der Waals surface area contributed by atoms with Crippen LogP contribution >= 0.6 is 0 Å². The molecule has 0 bridgehead atoms. The number of esters is 1. The van der Waals surface area contributed by atoms with Crippen molar-refractivity contribution >= 4 is 5.97 Å². The molecule has 1 unspecified atom stereocenters. The lowest BCUT2D eigenvalue weighted by Crippen LogP contribution is -2.16. The quantitative estimate of drug-likeness (QED) is 0.572. The minimum atomic E-state index is -0.661. The summed E-state index contributed by atoms with van der Waals surface area (Å²) in [4.78, 5) is 10.6. The van der Waals surface area contributed by atoms with Crippen molar-refractivity contribution in [2.24, 2.45) is 0 Å². The Morgan fingerprint density at radius 3 is 2.60 bits per heavy atom. The summed E-state index contributed by atoms with van der Waals surface area (Å²) < 4.78 is 4.33. The Labute approximate surface area is 61.0 Å². The SMILES string of the molecule is [CH2][C]([CH]C(C)O)C(=O)OC. The van der Waals surface area contributed by atoms with E-state index in [1.807, 2.05) is 0 Å². The van der Waals surface area contributed by atoms with Crippen molar-refractivity contribution in [1.29, 1.82) is 0 Å². The second-order valence-corrected chi connectivity index (χ2v) is 1.92. The highest BCUT2D eigenvalue weighted by atomic mass is 16.5. The van der Waals surface area contributed by atoms with Crippen molar-refractivity contribution in [1.82, 2.24) is 0 Å². The second-order valence-electron chi connectivity index (χ2n) is 1.92. The summed E-state index contributed by atoms with van der Waals surface area (Å²) in [6.45, 7) is 4.91. The summed E-state index contributed by atoms with van der Waals surface area (Å²) in [6.07, 6.45) is 0.665. The van der Waals surface area contributed by atoms with E-state index in [4.69, 9.17) is 5.11 Å². The van der Waals surface area contributed by atoms with Gasteiger partial charge < -0.3 is 9.84 Å². The van der Waals surface area contributed by atoms with Crippen molar-refractivity contribution in [2.45, 2.75) is 13.0 Å². The minimum Gasteiger partial charge on any atom is -0.469 e. The fourth-order valence-corrected chi connectivity index (χ4v) is 0.490. The van der Waals surface area contributed by atoms with E-state index in [-0.39, 0.29) is 5.92 Å². The van der Waals surface area contributed by atoms with Crippen molar-refractivity contribution in [2.75, 3.05) is 7.11 Å². The molecule has 3 radical (unpaired) electrons. The van der Waals surface area contributed by atoms with Crippen molar-refractivity contribution in [3.8, 4) is 0 Å². The molecule has 0 aromatic rings. The van der Waals surface area contributed by atoms with Crippen LogP contribution < -0.4 is 0 Å². The first-order valence-electron chi connectivity index (χ1n) is 2.88. The van der Waals surface area contributed by atoms with Gasteiger partial charge in [-0.05, 0) is 13.8 Å². The van der Waals surface area contributed by atoms with E-state index in [2.05, 4.69) is 11.7 Å². The summed E-state index contributed by atoms with van der Waals surface area (Å²) in [7, 11) is 1.27. The maximum absolute atomic E-state index is 10.6. The molecule has 0 aromatic heterocycles. The lowest BCUT2D eigenvalue weighted by molar-refractivity contribution is -0.137. The Morgan fingerprint density at radius 1 is 1.80 bits per heavy atom. The summed E-state index contributed by atoms with van der Waals surface area (Å²) in [6, 6.07) is 0. The average molecular weight is 143 g/mol. The van der Waals surface area contributed by atoms with E-state index < -0.39 is 12.1 Å². The number of aliphatic hydroxyl groups is 1. The van der Waals surface area contributed by atoms with E-state index >= 15 is 0 Å². The van der Waals surface area contributed by atoms with Crippen LogP contribution in [0.15, 0.2) is 0 Å². The molecule has 0 aliphatic rings. The largest absolute Gasteiger partial charge is 0.469 e. The molecule has 0 aliphatic carbocycles. The van der Waals surface area contributed by atoms with Gasteiger partial charge in [0.25, 0.3) is 0 Å². The lowest BCUT2D eigenvalue weighted by Gasteiger charge is -2.08. The third-order valence-corrected chi connectivity index (χ3v) is 0.890. The van der Waals surface area contributed by atoms with E-state index in [9.17, 15) is 4.79 Å². The average Bonchev–Trinajstić information content (AvgIpc) is 1.85. The number of methoxy groups -OCH3 is 1. The molecule has 3 heteroatoms. The first-order valence-corrected chi connectivity index (χ1v) is 2.88. The molecule has 0 aromatic carbocycles. The molecule has 57 valence electrons. The van der Waals surface area contributed by atoms with Crippen LogP contribution in [-0.4, -0.2) is 24.3 Å². The second kappa shape index (κ2) is 4.28. The van der Waals surface area contributed by atoms with Gasteiger partial charge in [-0.15, -0.1) is 0 Å². The highest BCUT2D eigenvalue weighted by Gasteiger charge is 2.16. The number of hydrogen-bond donors (Lipinski definition) is 1. The van der Waals surface area contributed by atoms with Crippen LogP contribution in [0, 0.1) is 19.3 Å². The van der Waals surface area contributed by atoms with Crippen molar-refractivity contribution in [3.63, 3.8) is 0 Å². The topological polar surface area (TPSA) is 46.5 Å². The maximum atomic E-state index is 10.6. The summed E-state index contributed by atoms with van der Waals surface area (Å²) in [5.74, 6) is -0.335. The van der Waals surface area contributed by atoms with Gasteiger partial charge in [-0.3, -0.25) is 4.79 Å². The maximum Gasteiger partial charge on any atom is 0.313 e. The number of aliphatic hydroxyl groups excluding tert-OH is 1. The van der Waals surface area contributed by atoms with E-state index in [0.717, 1.165) is 0 Å². The predicted molar refractivity (Wildman–Crippen MR) is 36.6 cm³/mol. The Bertz CT molecular complexity index is 109. The molecule has 0 saturated carbocycles. The fraction of sp³-hybridized carbons (Fsp3) is 0.429. The van der Waals surface area contributed by atoms with Gasteiger partial charge in [0.1, 0.15) is 0 Å². The van der Waals surface area contributed by atoms with Gasteiger partial charge >= 0.3 is 5.97 Å². The smallest absolute Gasteiger partial charge is 0.313 e. The van der Waals surface area contributed by atoms with Crippen LogP contribution in [-0.2, 0) is 9.53 Å². The van der Waals surface area contributed by atoms with Gasteiger partial charge in [-0.25, -0.2) is 0 Å². The molecule has 1 N–H and O–H groups in total. The number of ether oxygens (including phenoxy) is 1. The highest BCUT2D eigenvalue weighted by molar-refractivity contribution is 5.87. The summed E-state index contributed by atoms with van der Waals surface area (Å²) >= 11 is 0. The van der Waals surface area contributed by atoms with Crippen molar-refractivity contribution in [3.05, 3.63) is 19.3 Å². The molecule has 0 saturated heterocycles. The lowest BCUT2D eigenvalue weighted by atomic mass is 10.1. The zero-order chi connectivity index (χ0) is 8.15. The summed E-state index contributed by atoms with van der Waals surface area (Å²) in [5.41, 5.74) is 0. The number of carbonyl (C=O) groups is 1. The first kappa shape index (κ1) is 9.43. The van der Waals surface area contributed by atoms with Gasteiger partial charge in [0.05, 0.1) is 19.1 Å². The van der Waals surface area contributed by atoms with Crippen molar-refractivity contribution < 1.29 is 14.6 Å². The van der Waals surface area contributed by atoms with Gasteiger partial charge in [-0.2, -0.15) is 0 Å². The van der Waals surface area contributed by atoms with E-state index in [1.54, 1.807) is 0 Å². The molecule has 0 amide bonds. The molecule has 0 heterocycles. The fourth-order valence-electron chi connectivity index (χ4n) is 0.490. The highest BCUT2D eigenvalue weighted by Crippen LogP contribution is 2.07. The molecule has 1 atom stereocenters. The number of rotatable bonds is 3. The molecule has 0 fully saturated rings. The van der Waals surface area contributed by atoms with Gasteiger partial charge in [0, 0.05) is 6.42 Å². The normalized spacial score (nSPS) is 13.3. The molecule has 0 rings (SSSR count). The van der Waals surface area contributed by atoms with Gasteiger partial charge in [-0.1, -0.05) is 0 Å². The van der Waals surface area contributed by atoms with Crippen LogP contribution in [0.25, 0.3) is 0 Å². The number of hydrogen-bond acceptors (Lipinski definition) is 3. The third kappa shape index (κ3) is 3.45. The molecule has 10 heavy (non-hydrogen) atoms. The zero-order valence-corrected chi connectivity index (χ0v) is 6.13. The Balaban J connectivity index is 3.61. The van der Waals surface area contributed by atoms with E-state index in [1.165, 1.54) is 20.5 Å². The molecular formula is C7H11O3. The van der Waals surface area contributed by atoms with Crippen LogP contribution in [0.2, 0.25) is 0 Å². The standard InChI is InChI=1S/C7H11O3/c1-5(4-6(2)8)7(9)10-3/h4,6,8H,1H2,2-3H3. The predicted octanol–water partition coefficient (Wildman–Crippen LogP) is 0.153. The summed E-state index contributed by atoms with van der Waals surface area (Å²) in [5, 5.41) is 8.74. The van der Waals surface area contributed by atoms with Crippen LogP contribution in [0.4, 0.5) is 0 Å². The van der Waals surface area contributed by atoms with Gasteiger partial charge in [0.15, 0.2) is 0 Å². The minimum absolute atomic E-state index is 0.178. The Morgan fingerprint density at radius 2 is 2.30 bits per heavy atom. The third-order valence-electron chi connectivity index (χ3n) is 0.890. The molecule has 0 aliphatic heterocycles. The van der Waals surface area contributed by atoms with Gasteiger partial charge in [0.2, 0.25) is 0 Å². The number of carbonyl (C=O) groups excluding carboxylic acids is 1. The van der Waals surface area contributed by atoms with Crippen LogP contribution in [0.3, 0.4) is 0 Å². The Kier molecular flexibility index (Phi) is 4.03. The zero-order valence-electron chi connectivity index (χ0n) is 6.13. The Hall–Kier alpha value is -0.570. The molecule has 0 spiro atoms. The molecular weight excluding hydrogens is 132 g/mol. The first-order chi connectivity index (χ1) is 4.57.